The van der Waals surface area contributed by atoms with Gasteiger partial charge in [0.2, 0.25) is 6.04 Å². The van der Waals surface area contributed by atoms with Crippen LogP contribution in [-0.2, 0) is 0 Å². The molecule has 0 aromatic rings. The van der Waals surface area contributed by atoms with Crippen molar-refractivity contribution in [3.05, 3.63) is 32.9 Å². The Morgan fingerprint density at radius 1 is 1.85 bits per heavy atom. The molecule has 70 valence electrons. The van der Waals surface area contributed by atoms with Crippen molar-refractivity contribution in [3.63, 3.8) is 0 Å². The topological polar surface area (TPSA) is 55.5 Å². The molecule has 1 aliphatic carbocycles. The standard InChI is InChI=1S/C8H10N2O2S/c1-9-7-5-6(10(11)12)3-4-8(7)13-2/h4-6H,1,3H2,2H3. The number of thioether (sulfide) groups is 1. The van der Waals surface area contributed by atoms with E-state index in [-0.39, 0.29) is 4.92 Å². The van der Waals surface area contributed by atoms with E-state index in [0.29, 0.717) is 12.1 Å². The Morgan fingerprint density at radius 2 is 2.54 bits per heavy atom. The van der Waals surface area contributed by atoms with E-state index < -0.39 is 6.04 Å². The van der Waals surface area contributed by atoms with Gasteiger partial charge in [0, 0.05) is 22.3 Å². The second kappa shape index (κ2) is 4.23. The molecule has 0 radical (unpaired) electrons. The summed E-state index contributed by atoms with van der Waals surface area (Å²) in [5.74, 6) is 0. The van der Waals surface area contributed by atoms with E-state index in [2.05, 4.69) is 11.7 Å². The summed E-state index contributed by atoms with van der Waals surface area (Å²) in [5.41, 5.74) is 0.625. The first-order chi connectivity index (χ1) is 6.19. The molecule has 0 N–H and O–H groups in total. The van der Waals surface area contributed by atoms with Crippen molar-refractivity contribution in [2.75, 3.05) is 6.26 Å². The highest BCUT2D eigenvalue weighted by Gasteiger charge is 2.22. The Balaban J connectivity index is 2.87. The molecule has 4 nitrogen and oxygen atoms in total. The van der Waals surface area contributed by atoms with Gasteiger partial charge >= 0.3 is 0 Å². The largest absolute Gasteiger partial charge is 0.264 e. The third-order valence-corrected chi connectivity index (χ3v) is 2.62. The third kappa shape index (κ3) is 2.18. The van der Waals surface area contributed by atoms with Crippen molar-refractivity contribution >= 4 is 18.5 Å². The van der Waals surface area contributed by atoms with E-state index in [0.717, 1.165) is 4.91 Å². The highest BCUT2D eigenvalue weighted by Crippen LogP contribution is 2.28. The lowest BCUT2D eigenvalue weighted by Gasteiger charge is -2.12. The Kier molecular flexibility index (Phi) is 3.25. The maximum Gasteiger partial charge on any atom is 0.237 e. The second-order valence-corrected chi connectivity index (χ2v) is 3.42. The maximum atomic E-state index is 10.5. The summed E-state index contributed by atoms with van der Waals surface area (Å²) >= 11 is 1.53. The van der Waals surface area contributed by atoms with Crippen LogP contribution in [0, 0.1) is 10.1 Å². The van der Waals surface area contributed by atoms with Crippen molar-refractivity contribution in [2.45, 2.75) is 12.5 Å². The molecule has 0 aromatic heterocycles. The molecule has 0 saturated heterocycles. The second-order valence-electron chi connectivity index (χ2n) is 2.57. The first kappa shape index (κ1) is 9.98. The molecule has 0 amide bonds. The van der Waals surface area contributed by atoms with Crippen molar-refractivity contribution in [1.29, 1.82) is 0 Å². The van der Waals surface area contributed by atoms with Crippen molar-refractivity contribution in [3.8, 4) is 0 Å². The van der Waals surface area contributed by atoms with E-state index in [1.807, 2.05) is 12.3 Å². The van der Waals surface area contributed by atoms with Gasteiger partial charge < -0.3 is 0 Å². The maximum absolute atomic E-state index is 10.5. The van der Waals surface area contributed by atoms with E-state index >= 15 is 0 Å². The first-order valence-corrected chi connectivity index (χ1v) is 4.98. The average Bonchev–Trinajstić information content (AvgIpc) is 2.16. The van der Waals surface area contributed by atoms with Gasteiger partial charge in [-0.3, -0.25) is 15.1 Å². The molecule has 0 spiro atoms. The van der Waals surface area contributed by atoms with Crippen LogP contribution in [0.25, 0.3) is 0 Å². The predicted molar refractivity (Wildman–Crippen MR) is 54.6 cm³/mol. The molecule has 0 fully saturated rings. The summed E-state index contributed by atoms with van der Waals surface area (Å²) in [7, 11) is 0. The molecular weight excluding hydrogens is 188 g/mol. The number of nitrogens with zero attached hydrogens (tertiary/aromatic N) is 2. The summed E-state index contributed by atoms with van der Waals surface area (Å²) in [4.78, 5) is 14.9. The Morgan fingerprint density at radius 3 is 3.00 bits per heavy atom. The fourth-order valence-corrected chi connectivity index (χ4v) is 1.73. The van der Waals surface area contributed by atoms with Gasteiger partial charge in [0.25, 0.3) is 0 Å². The molecular formula is C8H10N2O2S. The zero-order chi connectivity index (χ0) is 9.84. The minimum atomic E-state index is -0.642. The highest BCUT2D eigenvalue weighted by molar-refractivity contribution is 8.02. The van der Waals surface area contributed by atoms with Crippen LogP contribution in [0.1, 0.15) is 6.42 Å². The summed E-state index contributed by atoms with van der Waals surface area (Å²) in [6.07, 6.45) is 5.75. The van der Waals surface area contributed by atoms with Crippen LogP contribution in [-0.4, -0.2) is 23.9 Å². The summed E-state index contributed by atoms with van der Waals surface area (Å²) in [6, 6.07) is -0.642. The van der Waals surface area contributed by atoms with Crippen LogP contribution in [0.15, 0.2) is 27.7 Å². The highest BCUT2D eigenvalue weighted by atomic mass is 32.2. The van der Waals surface area contributed by atoms with Gasteiger partial charge in [-0.1, -0.05) is 6.08 Å². The molecule has 0 bridgehead atoms. The van der Waals surface area contributed by atoms with Gasteiger partial charge in [0.15, 0.2) is 0 Å². The van der Waals surface area contributed by atoms with Crippen molar-refractivity contribution in [2.24, 2.45) is 4.99 Å². The van der Waals surface area contributed by atoms with Crippen molar-refractivity contribution in [1.82, 2.24) is 0 Å². The van der Waals surface area contributed by atoms with Gasteiger partial charge in [-0.15, -0.1) is 11.8 Å². The van der Waals surface area contributed by atoms with Gasteiger partial charge in [-0.2, -0.15) is 0 Å². The van der Waals surface area contributed by atoms with E-state index in [9.17, 15) is 10.1 Å². The normalized spacial score (nSPS) is 21.8. The molecule has 0 heterocycles. The number of hydrogen-bond donors (Lipinski definition) is 0. The van der Waals surface area contributed by atoms with E-state index in [4.69, 9.17) is 0 Å². The zero-order valence-corrected chi connectivity index (χ0v) is 8.08. The third-order valence-electron chi connectivity index (χ3n) is 1.81. The summed E-state index contributed by atoms with van der Waals surface area (Å²) in [5, 5.41) is 10.5. The Hall–Kier alpha value is -1.10. The quantitative estimate of drug-likeness (QED) is 0.395. The fraction of sp³-hybridized carbons (Fsp3) is 0.375. The molecule has 0 aliphatic heterocycles. The number of aliphatic imine (C=N–C) groups is 1. The zero-order valence-electron chi connectivity index (χ0n) is 7.27. The van der Waals surface area contributed by atoms with Crippen molar-refractivity contribution < 1.29 is 4.92 Å². The number of rotatable bonds is 3. The van der Waals surface area contributed by atoms with E-state index in [1.54, 1.807) is 6.08 Å². The summed E-state index contributed by atoms with van der Waals surface area (Å²) < 4.78 is 0. The van der Waals surface area contributed by atoms with Crippen LogP contribution >= 0.6 is 11.8 Å². The van der Waals surface area contributed by atoms with Crippen LogP contribution in [0.2, 0.25) is 0 Å². The molecule has 1 aliphatic rings. The van der Waals surface area contributed by atoms with E-state index in [1.165, 1.54) is 11.8 Å². The van der Waals surface area contributed by atoms with Crippen LogP contribution < -0.4 is 0 Å². The van der Waals surface area contributed by atoms with Gasteiger partial charge in [-0.05, 0) is 13.0 Å². The first-order valence-electron chi connectivity index (χ1n) is 3.75. The lowest BCUT2D eigenvalue weighted by molar-refractivity contribution is -0.508. The predicted octanol–water partition coefficient (Wildman–Crippen LogP) is 1.87. The Bertz CT molecular complexity index is 297. The Labute approximate surface area is 80.6 Å². The lowest BCUT2D eigenvalue weighted by Crippen LogP contribution is -2.18. The van der Waals surface area contributed by atoms with Crippen LogP contribution in [0.5, 0.6) is 0 Å². The molecule has 0 aromatic carbocycles. The smallest absolute Gasteiger partial charge is 0.237 e. The lowest BCUT2D eigenvalue weighted by atomic mass is 10.1. The minimum Gasteiger partial charge on any atom is -0.264 e. The number of nitro groups is 1. The van der Waals surface area contributed by atoms with Crippen LogP contribution in [0.3, 0.4) is 0 Å². The van der Waals surface area contributed by atoms with Gasteiger partial charge in [0.05, 0.1) is 5.70 Å². The molecule has 1 unspecified atom stereocenters. The van der Waals surface area contributed by atoms with Crippen LogP contribution in [0.4, 0.5) is 0 Å². The van der Waals surface area contributed by atoms with Gasteiger partial charge in [-0.25, -0.2) is 0 Å². The monoisotopic (exact) mass is 198 g/mol. The van der Waals surface area contributed by atoms with Gasteiger partial charge in [0.1, 0.15) is 0 Å². The average molecular weight is 198 g/mol. The molecule has 0 saturated carbocycles. The summed E-state index contributed by atoms with van der Waals surface area (Å²) in [6.45, 7) is 3.38. The molecule has 13 heavy (non-hydrogen) atoms. The number of hydrogen-bond acceptors (Lipinski definition) is 4. The molecule has 1 rings (SSSR count). The molecule has 5 heteroatoms. The minimum absolute atomic E-state index is 0.307. The molecule has 1 atom stereocenters. The fourth-order valence-electron chi connectivity index (χ4n) is 1.13. The SMILES string of the molecule is C=NC1=CC([N+](=O)[O-])CC=C1SC.